The summed E-state index contributed by atoms with van der Waals surface area (Å²) in [7, 11) is -1.21. The van der Waals surface area contributed by atoms with Crippen LogP contribution in [0, 0.1) is 0 Å². The Bertz CT molecular complexity index is 1370. The molecule has 4 aromatic rings. The summed E-state index contributed by atoms with van der Waals surface area (Å²) in [5.74, 6) is -0.228. The van der Waals surface area contributed by atoms with Crippen LogP contribution in [0.25, 0.3) is 33.5 Å². The van der Waals surface area contributed by atoms with Crippen LogP contribution in [0.4, 0.5) is 4.39 Å². The zero-order valence-corrected chi connectivity index (χ0v) is 22.2. The second-order valence-corrected chi connectivity index (χ2v) is 16.7. The molecule has 0 saturated carbocycles. The van der Waals surface area contributed by atoms with E-state index in [2.05, 4.69) is 40.1 Å². The molecule has 3 aromatic heterocycles. The van der Waals surface area contributed by atoms with Crippen LogP contribution in [0.2, 0.25) is 25.7 Å². The average Bonchev–Trinajstić information content (AvgIpc) is 3.35. The molecular formula is C25H33FN6O2Si. The van der Waals surface area contributed by atoms with E-state index >= 15 is 0 Å². The zero-order chi connectivity index (χ0) is 25.4. The second kappa shape index (κ2) is 9.50. The summed E-state index contributed by atoms with van der Waals surface area (Å²) in [6.07, 6.45) is 3.39. The van der Waals surface area contributed by atoms with Gasteiger partial charge >= 0.3 is 0 Å². The fourth-order valence-corrected chi connectivity index (χ4v) is 4.48. The molecule has 3 heterocycles. The van der Waals surface area contributed by atoms with Crippen LogP contribution in [-0.2, 0) is 18.1 Å². The SMILES string of the molecule is CC(C)(C)NC(=O)c1cn(COCC[Si](C)(C)C)c2ncc(-c3n[nH]c4cc(CF)ccc34)nc12. The number of halogens is 1. The molecule has 1 amide bonds. The predicted octanol–water partition coefficient (Wildman–Crippen LogP) is 5.28. The first-order chi connectivity index (χ1) is 16.4. The summed E-state index contributed by atoms with van der Waals surface area (Å²) in [6, 6.07) is 6.33. The minimum Gasteiger partial charge on any atom is -0.361 e. The van der Waals surface area contributed by atoms with Crippen molar-refractivity contribution in [2.45, 2.75) is 65.4 Å². The molecule has 0 aliphatic carbocycles. The monoisotopic (exact) mass is 496 g/mol. The highest BCUT2D eigenvalue weighted by Crippen LogP contribution is 2.28. The Kier molecular flexibility index (Phi) is 6.78. The van der Waals surface area contributed by atoms with Crippen molar-refractivity contribution in [3.8, 4) is 11.4 Å². The number of aromatic amines is 1. The van der Waals surface area contributed by atoms with Gasteiger partial charge in [-0.3, -0.25) is 9.89 Å². The van der Waals surface area contributed by atoms with Crippen LogP contribution in [0.5, 0.6) is 0 Å². The van der Waals surface area contributed by atoms with Gasteiger partial charge in [-0.25, -0.2) is 14.4 Å². The van der Waals surface area contributed by atoms with Crippen LogP contribution in [0.3, 0.4) is 0 Å². The molecule has 0 spiro atoms. The van der Waals surface area contributed by atoms with Crippen LogP contribution in [0.1, 0.15) is 36.7 Å². The van der Waals surface area contributed by atoms with Crippen molar-refractivity contribution in [2.75, 3.05) is 6.61 Å². The molecule has 35 heavy (non-hydrogen) atoms. The number of amides is 1. The molecule has 2 N–H and O–H groups in total. The number of aromatic nitrogens is 5. The Labute approximate surface area is 205 Å². The molecule has 0 radical (unpaired) electrons. The van der Waals surface area contributed by atoms with Crippen molar-refractivity contribution < 1.29 is 13.9 Å². The Balaban J connectivity index is 1.73. The summed E-state index contributed by atoms with van der Waals surface area (Å²) >= 11 is 0. The van der Waals surface area contributed by atoms with Gasteiger partial charge < -0.3 is 14.6 Å². The molecule has 4 rings (SSSR count). The number of carbonyl (C=O) groups is 1. The minimum atomic E-state index is -1.21. The summed E-state index contributed by atoms with van der Waals surface area (Å²) in [5, 5.41) is 11.2. The molecule has 0 bridgehead atoms. The van der Waals surface area contributed by atoms with Crippen LogP contribution < -0.4 is 5.32 Å². The Morgan fingerprint density at radius 3 is 2.71 bits per heavy atom. The van der Waals surface area contributed by atoms with Crippen molar-refractivity contribution in [3.05, 3.63) is 41.7 Å². The number of carbonyl (C=O) groups excluding carboxylic acids is 1. The molecule has 8 nitrogen and oxygen atoms in total. The third kappa shape index (κ3) is 5.76. The lowest BCUT2D eigenvalue weighted by atomic mass is 10.1. The van der Waals surface area contributed by atoms with Crippen LogP contribution in [-0.4, -0.2) is 50.9 Å². The maximum absolute atomic E-state index is 13.1. The largest absolute Gasteiger partial charge is 0.361 e. The number of fused-ring (bicyclic) bond motifs is 2. The number of alkyl halides is 1. The van der Waals surface area contributed by atoms with Crippen molar-refractivity contribution in [1.82, 2.24) is 30.0 Å². The normalized spacial score (nSPS) is 12.5. The molecule has 0 aliphatic rings. The van der Waals surface area contributed by atoms with E-state index in [4.69, 9.17) is 9.72 Å². The Morgan fingerprint density at radius 1 is 1.26 bits per heavy atom. The Morgan fingerprint density at radius 2 is 2.03 bits per heavy atom. The third-order valence-electron chi connectivity index (χ3n) is 5.55. The van der Waals surface area contributed by atoms with E-state index in [9.17, 15) is 9.18 Å². The van der Waals surface area contributed by atoms with E-state index in [0.29, 0.717) is 40.3 Å². The van der Waals surface area contributed by atoms with E-state index < -0.39 is 20.3 Å². The quantitative estimate of drug-likeness (QED) is 0.255. The number of ether oxygens (including phenoxy) is 1. The molecular weight excluding hydrogens is 463 g/mol. The molecule has 0 atom stereocenters. The van der Waals surface area contributed by atoms with Crippen molar-refractivity contribution >= 4 is 36.0 Å². The van der Waals surface area contributed by atoms with Crippen LogP contribution >= 0.6 is 0 Å². The zero-order valence-electron chi connectivity index (χ0n) is 21.2. The molecule has 0 unspecified atom stereocenters. The minimum absolute atomic E-state index is 0.228. The average molecular weight is 497 g/mol. The molecule has 0 aliphatic heterocycles. The van der Waals surface area contributed by atoms with Gasteiger partial charge in [0.15, 0.2) is 5.65 Å². The second-order valence-electron chi connectivity index (χ2n) is 11.1. The predicted molar refractivity (Wildman–Crippen MR) is 139 cm³/mol. The maximum Gasteiger partial charge on any atom is 0.255 e. The third-order valence-corrected chi connectivity index (χ3v) is 7.25. The van der Waals surface area contributed by atoms with E-state index in [1.807, 2.05) is 31.4 Å². The number of nitrogens with zero attached hydrogens (tertiary/aromatic N) is 4. The molecule has 186 valence electrons. The molecule has 10 heteroatoms. The number of hydrogen-bond acceptors (Lipinski definition) is 5. The van der Waals surface area contributed by atoms with Crippen molar-refractivity contribution in [1.29, 1.82) is 0 Å². The lowest BCUT2D eigenvalue weighted by Crippen LogP contribution is -2.40. The number of nitrogens with one attached hydrogen (secondary N) is 2. The lowest BCUT2D eigenvalue weighted by Gasteiger charge is -2.20. The van der Waals surface area contributed by atoms with Gasteiger partial charge in [-0.15, -0.1) is 0 Å². The number of benzene rings is 1. The van der Waals surface area contributed by atoms with Gasteiger partial charge in [-0.05, 0) is 38.4 Å². The molecule has 0 fully saturated rings. The Hall–Kier alpha value is -3.11. The van der Waals surface area contributed by atoms with E-state index in [-0.39, 0.29) is 12.6 Å². The topological polar surface area (TPSA) is 97.7 Å². The van der Waals surface area contributed by atoms with Crippen LogP contribution in [0.15, 0.2) is 30.6 Å². The smallest absolute Gasteiger partial charge is 0.255 e. The van der Waals surface area contributed by atoms with Gasteiger partial charge in [-0.2, -0.15) is 5.10 Å². The summed E-state index contributed by atoms with van der Waals surface area (Å²) in [4.78, 5) is 22.6. The van der Waals surface area contributed by atoms with Crippen molar-refractivity contribution in [2.24, 2.45) is 0 Å². The van der Waals surface area contributed by atoms with Gasteiger partial charge in [0.2, 0.25) is 0 Å². The molecule has 0 saturated heterocycles. The number of H-pyrrole nitrogens is 1. The van der Waals surface area contributed by atoms with Gasteiger partial charge in [-0.1, -0.05) is 31.8 Å². The van der Waals surface area contributed by atoms with E-state index in [1.165, 1.54) is 0 Å². The van der Waals surface area contributed by atoms with Gasteiger partial charge in [0.05, 0.1) is 17.3 Å². The van der Waals surface area contributed by atoms with Gasteiger partial charge in [0.1, 0.15) is 30.3 Å². The number of hydrogen-bond donors (Lipinski definition) is 2. The van der Waals surface area contributed by atoms with Crippen molar-refractivity contribution in [3.63, 3.8) is 0 Å². The van der Waals surface area contributed by atoms with E-state index in [0.717, 1.165) is 16.9 Å². The fourth-order valence-electron chi connectivity index (χ4n) is 3.72. The first-order valence-electron chi connectivity index (χ1n) is 11.7. The summed E-state index contributed by atoms with van der Waals surface area (Å²) in [6.45, 7) is 13.1. The van der Waals surface area contributed by atoms with Gasteiger partial charge in [0, 0.05) is 31.8 Å². The molecule has 1 aromatic carbocycles. The highest BCUT2D eigenvalue weighted by Gasteiger charge is 2.23. The first-order valence-corrected chi connectivity index (χ1v) is 15.5. The summed E-state index contributed by atoms with van der Waals surface area (Å²) in [5.41, 5.74) is 3.49. The first kappa shape index (κ1) is 25.0. The standard InChI is InChI=1S/C25H33FN6O2Si/c1-25(2,3)29-24(33)18-14-32(15-34-9-10-35(4,5)6)23-22(18)28-20(13-27-23)21-17-8-7-16(12-26)11-19(17)30-31-21/h7-8,11,13-14H,9-10,12,15H2,1-6H3,(H,29,33)(H,30,31). The fraction of sp³-hybridized carbons (Fsp3) is 0.440. The van der Waals surface area contributed by atoms with Gasteiger partial charge in [0.25, 0.3) is 5.91 Å². The summed E-state index contributed by atoms with van der Waals surface area (Å²) < 4.78 is 20.8. The highest BCUT2D eigenvalue weighted by atomic mass is 28.3. The lowest BCUT2D eigenvalue weighted by molar-refractivity contribution is 0.0886. The highest BCUT2D eigenvalue weighted by molar-refractivity contribution is 6.76. The van der Waals surface area contributed by atoms with E-state index in [1.54, 1.807) is 24.5 Å². The maximum atomic E-state index is 13.1. The number of rotatable bonds is 8.